The van der Waals surface area contributed by atoms with Crippen molar-refractivity contribution >= 4 is 0 Å². The lowest BCUT2D eigenvalue weighted by molar-refractivity contribution is 0.112. The monoisotopic (exact) mass is 444 g/mol. The lowest BCUT2D eigenvalue weighted by Gasteiger charge is -2.39. The number of hydrogen-bond acceptors (Lipinski definition) is 0. The first kappa shape index (κ1) is 26.6. The van der Waals surface area contributed by atoms with E-state index < -0.39 is 0 Å². The Balaban J connectivity index is 0.000000523. The van der Waals surface area contributed by atoms with Gasteiger partial charge in [-0.25, -0.2) is 0 Å². The fourth-order valence-electron chi connectivity index (χ4n) is 8.80. The van der Waals surface area contributed by atoms with Crippen LogP contribution in [0.3, 0.4) is 0 Å². The molecule has 0 heteroatoms. The molecule has 0 aromatic heterocycles. The smallest absolute Gasteiger partial charge is 0.0352 e. The molecular weight excluding hydrogens is 384 g/mol. The average Bonchev–Trinajstić information content (AvgIpc) is 3.11. The van der Waals surface area contributed by atoms with Gasteiger partial charge in [0.15, 0.2) is 0 Å². The van der Waals surface area contributed by atoms with Crippen molar-refractivity contribution < 1.29 is 0 Å². The molecule has 12 atom stereocenters. The van der Waals surface area contributed by atoms with Crippen molar-refractivity contribution in [3.8, 4) is 0 Å². The maximum absolute atomic E-state index is 2.59. The van der Waals surface area contributed by atoms with Crippen LogP contribution in [0.2, 0.25) is 0 Å². The van der Waals surface area contributed by atoms with Crippen molar-refractivity contribution in [2.45, 2.75) is 127 Å². The van der Waals surface area contributed by atoms with Gasteiger partial charge in [-0.15, -0.1) is 0 Å². The molecule has 4 rings (SSSR count). The molecular formula is C32H60. The summed E-state index contributed by atoms with van der Waals surface area (Å²) in [5, 5.41) is 0. The maximum Gasteiger partial charge on any atom is -0.0352 e. The third-order valence-corrected chi connectivity index (χ3v) is 10.8. The summed E-state index contributed by atoms with van der Waals surface area (Å²) >= 11 is 0. The van der Waals surface area contributed by atoms with Gasteiger partial charge in [-0.2, -0.15) is 0 Å². The minimum atomic E-state index is 0.500. The van der Waals surface area contributed by atoms with Gasteiger partial charge < -0.3 is 0 Å². The summed E-state index contributed by atoms with van der Waals surface area (Å²) in [4.78, 5) is 0. The number of hydrogen-bond donors (Lipinski definition) is 0. The van der Waals surface area contributed by atoms with Gasteiger partial charge in [0.25, 0.3) is 0 Å². The normalized spacial score (nSPS) is 48.6. The van der Waals surface area contributed by atoms with Gasteiger partial charge in [0.2, 0.25) is 0 Å². The van der Waals surface area contributed by atoms with Gasteiger partial charge in [0.05, 0.1) is 0 Å². The van der Waals surface area contributed by atoms with Crippen molar-refractivity contribution in [3.63, 3.8) is 0 Å². The van der Waals surface area contributed by atoms with Crippen molar-refractivity contribution in [1.82, 2.24) is 0 Å². The van der Waals surface area contributed by atoms with Crippen LogP contribution < -0.4 is 0 Å². The zero-order valence-corrected chi connectivity index (χ0v) is 23.8. The molecule has 0 amide bonds. The Bertz CT molecular complexity index is 519. The summed E-state index contributed by atoms with van der Waals surface area (Å²) in [5.41, 5.74) is 0.500. The molecule has 4 aliphatic rings. The van der Waals surface area contributed by atoms with Gasteiger partial charge >= 0.3 is 0 Å². The Labute approximate surface area is 203 Å². The van der Waals surface area contributed by atoms with Gasteiger partial charge in [-0.3, -0.25) is 0 Å². The molecule has 0 aromatic rings. The fraction of sp³-hybridized carbons (Fsp3) is 1.00. The molecule has 4 fully saturated rings. The molecule has 0 nitrogen and oxygen atoms in total. The van der Waals surface area contributed by atoms with Crippen molar-refractivity contribution in [1.29, 1.82) is 0 Å². The Morgan fingerprint density at radius 3 is 1.09 bits per heavy atom. The van der Waals surface area contributed by atoms with Gasteiger partial charge in [0, 0.05) is 0 Å². The first-order valence-electron chi connectivity index (χ1n) is 14.8. The first-order chi connectivity index (χ1) is 14.8. The predicted octanol–water partition coefficient (Wildman–Crippen LogP) is 10.1. The van der Waals surface area contributed by atoms with Crippen LogP contribution in [0.5, 0.6) is 0 Å². The highest BCUT2D eigenvalue weighted by molar-refractivity contribution is 4.96. The second-order valence-corrected chi connectivity index (χ2v) is 15.4. The van der Waals surface area contributed by atoms with Gasteiger partial charge in [0.1, 0.15) is 0 Å². The van der Waals surface area contributed by atoms with Crippen molar-refractivity contribution in [3.05, 3.63) is 0 Å². The Hall–Kier alpha value is 0. The molecule has 0 bridgehead atoms. The minimum Gasteiger partial charge on any atom is -0.0622 e. The van der Waals surface area contributed by atoms with E-state index in [0.29, 0.717) is 5.41 Å². The molecule has 4 saturated carbocycles. The zero-order chi connectivity index (χ0) is 23.8. The summed E-state index contributed by atoms with van der Waals surface area (Å²) in [6.45, 7) is 24.0. The summed E-state index contributed by atoms with van der Waals surface area (Å²) < 4.78 is 0. The Morgan fingerprint density at radius 2 is 0.750 bits per heavy atom. The standard InChI is InChI=1S/C27H48.C5H12/c1-16-10-22-12-20(5)24(26(22)14-18(16)3)8-7-9-25-21(6)13-23-11-17(2)19(4)15-27(23)25;1-5(2,3)4/h16-27H,7-15H2,1-6H3;1-4H3. The van der Waals surface area contributed by atoms with Crippen LogP contribution in [0, 0.1) is 76.4 Å². The molecule has 188 valence electrons. The van der Waals surface area contributed by atoms with E-state index >= 15 is 0 Å². The van der Waals surface area contributed by atoms with Gasteiger partial charge in [-0.1, -0.05) is 75.7 Å². The van der Waals surface area contributed by atoms with Crippen LogP contribution in [-0.2, 0) is 0 Å². The molecule has 0 saturated heterocycles. The zero-order valence-electron chi connectivity index (χ0n) is 23.8. The minimum absolute atomic E-state index is 0.500. The van der Waals surface area contributed by atoms with E-state index in [1.54, 1.807) is 38.5 Å². The number of rotatable bonds is 4. The topological polar surface area (TPSA) is 0 Å². The largest absolute Gasteiger partial charge is 0.0622 e. The summed E-state index contributed by atoms with van der Waals surface area (Å²) in [6, 6.07) is 0. The first-order valence-corrected chi connectivity index (χ1v) is 14.8. The third-order valence-electron chi connectivity index (χ3n) is 10.8. The van der Waals surface area contributed by atoms with Crippen molar-refractivity contribution in [2.24, 2.45) is 76.4 Å². The van der Waals surface area contributed by atoms with Crippen LogP contribution >= 0.6 is 0 Å². The molecule has 12 unspecified atom stereocenters. The maximum atomic E-state index is 2.59. The van der Waals surface area contributed by atoms with Crippen LogP contribution in [0.1, 0.15) is 127 Å². The van der Waals surface area contributed by atoms with E-state index in [2.05, 4.69) is 69.2 Å². The second kappa shape index (κ2) is 10.7. The van der Waals surface area contributed by atoms with E-state index in [1.165, 1.54) is 19.3 Å². The number of fused-ring (bicyclic) bond motifs is 2. The fourth-order valence-corrected chi connectivity index (χ4v) is 8.80. The molecule has 32 heavy (non-hydrogen) atoms. The second-order valence-electron chi connectivity index (χ2n) is 15.4. The van der Waals surface area contributed by atoms with Crippen LogP contribution in [0.15, 0.2) is 0 Å². The van der Waals surface area contributed by atoms with E-state index in [0.717, 1.165) is 71.0 Å². The summed E-state index contributed by atoms with van der Waals surface area (Å²) in [6.07, 6.45) is 13.9. The summed E-state index contributed by atoms with van der Waals surface area (Å²) in [7, 11) is 0. The van der Waals surface area contributed by atoms with Crippen LogP contribution in [0.4, 0.5) is 0 Å². The SMILES string of the molecule is CC(C)(C)C.CC1CC2CC(C)C(CCCC3C(C)CC4CC(C)C(C)CC43)C2CC1C. The van der Waals surface area contributed by atoms with E-state index in [-0.39, 0.29) is 0 Å². The van der Waals surface area contributed by atoms with Crippen molar-refractivity contribution in [2.75, 3.05) is 0 Å². The highest BCUT2D eigenvalue weighted by atomic mass is 14.5. The lowest BCUT2D eigenvalue weighted by Crippen LogP contribution is -2.30. The molecule has 0 aliphatic heterocycles. The molecule has 0 N–H and O–H groups in total. The average molecular weight is 445 g/mol. The molecule has 0 heterocycles. The third kappa shape index (κ3) is 6.56. The Kier molecular flexibility index (Phi) is 8.92. The quantitative estimate of drug-likeness (QED) is 0.404. The van der Waals surface area contributed by atoms with E-state index in [9.17, 15) is 0 Å². The predicted molar refractivity (Wildman–Crippen MR) is 143 cm³/mol. The summed E-state index contributed by atoms with van der Waals surface area (Å²) in [5.74, 6) is 12.3. The van der Waals surface area contributed by atoms with E-state index in [4.69, 9.17) is 0 Å². The Morgan fingerprint density at radius 1 is 0.469 bits per heavy atom. The highest BCUT2D eigenvalue weighted by Crippen LogP contribution is 2.55. The molecule has 4 aliphatic carbocycles. The molecule has 0 radical (unpaired) electrons. The highest BCUT2D eigenvalue weighted by Gasteiger charge is 2.46. The lowest BCUT2D eigenvalue weighted by atomic mass is 9.67. The van der Waals surface area contributed by atoms with Crippen LogP contribution in [0.25, 0.3) is 0 Å². The molecule has 0 spiro atoms. The molecule has 0 aromatic carbocycles. The van der Waals surface area contributed by atoms with Gasteiger partial charge in [-0.05, 0) is 128 Å². The van der Waals surface area contributed by atoms with E-state index in [1.807, 2.05) is 0 Å². The van der Waals surface area contributed by atoms with Crippen LogP contribution in [-0.4, -0.2) is 0 Å².